The number of carbonyl (C=O) groups excluding carboxylic acids is 1. The number of aliphatic hydroxyl groups is 1. The molecule has 1 saturated carbocycles. The van der Waals surface area contributed by atoms with Crippen LogP contribution in [0.3, 0.4) is 0 Å². The lowest BCUT2D eigenvalue weighted by atomic mass is 9.71. The molecule has 118 valence electrons. The second-order valence-electron chi connectivity index (χ2n) is 6.76. The summed E-state index contributed by atoms with van der Waals surface area (Å²) in [6.07, 6.45) is 5.15. The molecule has 0 amide bonds. The minimum atomic E-state index is -0.648. The summed E-state index contributed by atoms with van der Waals surface area (Å²) in [7, 11) is 1.33. The summed E-state index contributed by atoms with van der Waals surface area (Å²) in [6.45, 7) is 5.49. The average molecular weight is 295 g/mol. The molecule has 0 aliphatic heterocycles. The lowest BCUT2D eigenvalue weighted by molar-refractivity contribution is -0.0245. The highest BCUT2D eigenvalue weighted by molar-refractivity contribution is 5.87. The van der Waals surface area contributed by atoms with Crippen LogP contribution >= 0.6 is 0 Å². The van der Waals surface area contributed by atoms with E-state index in [1.54, 1.807) is 6.07 Å². The zero-order valence-electron chi connectivity index (χ0n) is 13.1. The van der Waals surface area contributed by atoms with Crippen LogP contribution in [0.15, 0.2) is 16.7 Å². The molecule has 0 unspecified atom stereocenters. The molecule has 1 aromatic heterocycles. The van der Waals surface area contributed by atoms with E-state index >= 15 is 0 Å². The third-order valence-electron chi connectivity index (χ3n) is 4.42. The first-order valence-corrected chi connectivity index (χ1v) is 7.43. The van der Waals surface area contributed by atoms with E-state index in [2.05, 4.69) is 23.9 Å². The van der Waals surface area contributed by atoms with E-state index in [1.807, 2.05) is 0 Å². The van der Waals surface area contributed by atoms with Gasteiger partial charge in [0.25, 0.3) is 0 Å². The van der Waals surface area contributed by atoms with Crippen LogP contribution in [0.4, 0.5) is 0 Å². The predicted molar refractivity (Wildman–Crippen MR) is 79.0 cm³/mol. The van der Waals surface area contributed by atoms with Crippen molar-refractivity contribution in [1.29, 1.82) is 0 Å². The number of esters is 1. The number of nitrogens with one attached hydrogen (secondary N) is 1. The highest BCUT2D eigenvalue weighted by atomic mass is 16.5. The summed E-state index contributed by atoms with van der Waals surface area (Å²) in [6, 6.07) is 1.74. The highest BCUT2D eigenvalue weighted by Crippen LogP contribution is 2.39. The minimum absolute atomic E-state index is 0.224. The summed E-state index contributed by atoms with van der Waals surface area (Å²) in [4.78, 5) is 11.5. The highest BCUT2D eigenvalue weighted by Gasteiger charge is 2.36. The van der Waals surface area contributed by atoms with Gasteiger partial charge in [0.2, 0.25) is 5.76 Å². The Kier molecular flexibility index (Phi) is 4.74. The lowest BCUT2D eigenvalue weighted by Crippen LogP contribution is -2.44. The van der Waals surface area contributed by atoms with E-state index in [0.717, 1.165) is 31.2 Å². The van der Waals surface area contributed by atoms with Gasteiger partial charge < -0.3 is 19.6 Å². The SMILES string of the molecule is COC(=O)c1occc1CNCC1(O)CCC(C)(C)CC1. The van der Waals surface area contributed by atoms with Gasteiger partial charge in [0, 0.05) is 18.7 Å². The van der Waals surface area contributed by atoms with Crippen molar-refractivity contribution in [3.63, 3.8) is 0 Å². The predicted octanol–water partition coefficient (Wildman–Crippen LogP) is 2.49. The van der Waals surface area contributed by atoms with Crippen LogP contribution < -0.4 is 5.32 Å². The Hall–Kier alpha value is -1.33. The Balaban J connectivity index is 1.85. The van der Waals surface area contributed by atoms with Gasteiger partial charge in [-0.25, -0.2) is 4.79 Å². The summed E-state index contributed by atoms with van der Waals surface area (Å²) in [5.41, 5.74) is 0.432. The third kappa shape index (κ3) is 4.08. The summed E-state index contributed by atoms with van der Waals surface area (Å²) in [5, 5.41) is 13.8. The Labute approximate surface area is 125 Å². The summed E-state index contributed by atoms with van der Waals surface area (Å²) in [5.74, 6) is -0.253. The van der Waals surface area contributed by atoms with Crippen LogP contribution in [0.1, 0.15) is 55.6 Å². The molecule has 0 saturated heterocycles. The van der Waals surface area contributed by atoms with Gasteiger partial charge in [-0.15, -0.1) is 0 Å². The topological polar surface area (TPSA) is 71.7 Å². The number of hydrogen-bond acceptors (Lipinski definition) is 5. The summed E-state index contributed by atoms with van der Waals surface area (Å²) >= 11 is 0. The van der Waals surface area contributed by atoms with Crippen molar-refractivity contribution in [2.45, 2.75) is 51.7 Å². The van der Waals surface area contributed by atoms with E-state index < -0.39 is 11.6 Å². The number of ether oxygens (including phenoxy) is 1. The van der Waals surface area contributed by atoms with Crippen molar-refractivity contribution in [1.82, 2.24) is 5.32 Å². The van der Waals surface area contributed by atoms with Crippen LogP contribution in [0.25, 0.3) is 0 Å². The Morgan fingerprint density at radius 1 is 1.38 bits per heavy atom. The van der Waals surface area contributed by atoms with Gasteiger partial charge >= 0.3 is 5.97 Å². The molecule has 2 rings (SSSR count). The van der Waals surface area contributed by atoms with E-state index in [1.165, 1.54) is 13.4 Å². The first-order chi connectivity index (χ1) is 9.85. The van der Waals surface area contributed by atoms with Crippen LogP contribution in [0.2, 0.25) is 0 Å². The first kappa shape index (κ1) is 16.0. The molecule has 0 bridgehead atoms. The Bertz CT molecular complexity index is 482. The molecule has 0 spiro atoms. The molecular formula is C16H25NO4. The minimum Gasteiger partial charge on any atom is -0.463 e. The number of furan rings is 1. The number of rotatable bonds is 5. The van der Waals surface area contributed by atoms with Gasteiger partial charge in [-0.3, -0.25) is 0 Å². The van der Waals surface area contributed by atoms with E-state index in [0.29, 0.717) is 18.5 Å². The van der Waals surface area contributed by atoms with Crippen molar-refractivity contribution < 1.29 is 19.1 Å². The van der Waals surface area contributed by atoms with Crippen molar-refractivity contribution in [3.05, 3.63) is 23.7 Å². The fourth-order valence-electron chi connectivity index (χ4n) is 2.75. The molecule has 0 aromatic carbocycles. The molecule has 1 aliphatic rings. The van der Waals surface area contributed by atoms with Gasteiger partial charge in [-0.05, 0) is 37.2 Å². The van der Waals surface area contributed by atoms with Gasteiger partial charge in [0.05, 0.1) is 19.0 Å². The Morgan fingerprint density at radius 3 is 2.67 bits per heavy atom. The van der Waals surface area contributed by atoms with Gasteiger partial charge in [0.1, 0.15) is 0 Å². The van der Waals surface area contributed by atoms with Crippen molar-refractivity contribution in [3.8, 4) is 0 Å². The smallest absolute Gasteiger partial charge is 0.374 e. The quantitative estimate of drug-likeness (QED) is 0.817. The average Bonchev–Trinajstić information content (AvgIpc) is 2.90. The van der Waals surface area contributed by atoms with Gasteiger partial charge in [0.15, 0.2) is 0 Å². The molecular weight excluding hydrogens is 270 g/mol. The fraction of sp³-hybridized carbons (Fsp3) is 0.688. The van der Waals surface area contributed by atoms with E-state index in [4.69, 9.17) is 4.42 Å². The number of hydrogen-bond donors (Lipinski definition) is 2. The number of carbonyl (C=O) groups is 1. The van der Waals surface area contributed by atoms with Crippen LogP contribution in [-0.4, -0.2) is 30.3 Å². The maximum Gasteiger partial charge on any atom is 0.374 e. The van der Waals surface area contributed by atoms with Gasteiger partial charge in [-0.1, -0.05) is 13.8 Å². The molecule has 1 fully saturated rings. The molecule has 1 heterocycles. The molecule has 1 aromatic rings. The zero-order chi connectivity index (χ0) is 15.5. The monoisotopic (exact) mass is 295 g/mol. The van der Waals surface area contributed by atoms with Crippen LogP contribution in [0.5, 0.6) is 0 Å². The molecule has 1 aliphatic carbocycles. The van der Waals surface area contributed by atoms with Crippen molar-refractivity contribution in [2.75, 3.05) is 13.7 Å². The normalized spacial score (nSPS) is 20.2. The second kappa shape index (κ2) is 6.20. The van der Waals surface area contributed by atoms with Gasteiger partial charge in [-0.2, -0.15) is 0 Å². The molecule has 0 atom stereocenters. The van der Waals surface area contributed by atoms with Crippen molar-refractivity contribution in [2.24, 2.45) is 5.41 Å². The van der Waals surface area contributed by atoms with Crippen LogP contribution in [-0.2, 0) is 11.3 Å². The second-order valence-corrected chi connectivity index (χ2v) is 6.76. The van der Waals surface area contributed by atoms with E-state index in [9.17, 15) is 9.90 Å². The maximum absolute atomic E-state index is 11.5. The third-order valence-corrected chi connectivity index (χ3v) is 4.42. The molecule has 21 heavy (non-hydrogen) atoms. The van der Waals surface area contributed by atoms with E-state index in [-0.39, 0.29) is 5.76 Å². The molecule has 5 heteroatoms. The number of methoxy groups -OCH3 is 1. The maximum atomic E-state index is 11.5. The fourth-order valence-corrected chi connectivity index (χ4v) is 2.75. The Morgan fingerprint density at radius 2 is 2.05 bits per heavy atom. The van der Waals surface area contributed by atoms with Crippen LogP contribution in [0, 0.1) is 5.41 Å². The summed E-state index contributed by atoms with van der Waals surface area (Å²) < 4.78 is 9.80. The molecule has 0 radical (unpaired) electrons. The first-order valence-electron chi connectivity index (χ1n) is 7.43. The largest absolute Gasteiger partial charge is 0.463 e. The molecule has 5 nitrogen and oxygen atoms in total. The standard InChI is InChI=1S/C16H25NO4/c1-15(2)5-7-16(19,8-6-15)11-17-10-12-4-9-21-13(12)14(18)20-3/h4,9,17,19H,5-8,10-11H2,1-3H3. The zero-order valence-corrected chi connectivity index (χ0v) is 13.1. The van der Waals surface area contributed by atoms with Crippen molar-refractivity contribution >= 4 is 5.97 Å². The molecule has 2 N–H and O–H groups in total. The lowest BCUT2D eigenvalue weighted by Gasteiger charge is -2.40.